The molecule has 0 aliphatic carbocycles. The van der Waals surface area contributed by atoms with Gasteiger partial charge in [0, 0.05) is 24.8 Å². The molecule has 0 saturated carbocycles. The number of nitrogens with zero attached hydrogens (tertiary/aromatic N) is 2. The first-order chi connectivity index (χ1) is 9.76. The maximum absolute atomic E-state index is 4.66. The van der Waals surface area contributed by atoms with Crippen molar-refractivity contribution in [1.82, 2.24) is 10.3 Å². The van der Waals surface area contributed by atoms with Crippen molar-refractivity contribution in [2.45, 2.75) is 52.1 Å². The summed E-state index contributed by atoms with van der Waals surface area (Å²) < 4.78 is 0. The zero-order valence-corrected chi connectivity index (χ0v) is 13.0. The van der Waals surface area contributed by atoms with E-state index in [1.165, 1.54) is 18.5 Å². The van der Waals surface area contributed by atoms with E-state index in [-0.39, 0.29) is 0 Å². The van der Waals surface area contributed by atoms with E-state index in [0.717, 1.165) is 31.9 Å². The van der Waals surface area contributed by atoms with Crippen LogP contribution in [0.15, 0.2) is 18.3 Å². The first-order valence-corrected chi connectivity index (χ1v) is 7.95. The minimum Gasteiger partial charge on any atom is -0.380 e. The van der Waals surface area contributed by atoms with Crippen LogP contribution >= 0.6 is 0 Å². The lowest BCUT2D eigenvalue weighted by Crippen LogP contribution is -2.43. The predicted molar refractivity (Wildman–Crippen MR) is 86.5 cm³/mol. The van der Waals surface area contributed by atoms with Crippen LogP contribution < -0.4 is 15.5 Å². The monoisotopic (exact) mass is 276 g/mol. The number of piperidine rings is 1. The van der Waals surface area contributed by atoms with Crippen LogP contribution in [0, 0.1) is 0 Å². The Balaban J connectivity index is 2.19. The van der Waals surface area contributed by atoms with Gasteiger partial charge < -0.3 is 15.5 Å². The summed E-state index contributed by atoms with van der Waals surface area (Å²) >= 11 is 0. The third-order valence-corrected chi connectivity index (χ3v) is 4.16. The van der Waals surface area contributed by atoms with E-state index in [9.17, 15) is 0 Å². The minimum atomic E-state index is 0.477. The Morgan fingerprint density at radius 2 is 2.15 bits per heavy atom. The van der Waals surface area contributed by atoms with E-state index in [4.69, 9.17) is 0 Å². The van der Waals surface area contributed by atoms with Gasteiger partial charge in [-0.1, -0.05) is 6.92 Å². The third-order valence-electron chi connectivity index (χ3n) is 4.16. The molecule has 2 rings (SSSR count). The van der Waals surface area contributed by atoms with Crippen LogP contribution in [0.2, 0.25) is 0 Å². The number of hydrogen-bond acceptors (Lipinski definition) is 4. The molecule has 2 heterocycles. The molecule has 0 radical (unpaired) electrons. The molecule has 1 aromatic rings. The Morgan fingerprint density at radius 3 is 2.80 bits per heavy atom. The van der Waals surface area contributed by atoms with Gasteiger partial charge >= 0.3 is 0 Å². The first kappa shape index (κ1) is 15.1. The van der Waals surface area contributed by atoms with E-state index in [1.54, 1.807) is 0 Å². The fourth-order valence-corrected chi connectivity index (χ4v) is 2.81. The topological polar surface area (TPSA) is 40.2 Å². The normalized spacial score (nSPS) is 17.8. The highest BCUT2D eigenvalue weighted by Crippen LogP contribution is 2.27. The van der Waals surface area contributed by atoms with Crippen molar-refractivity contribution < 1.29 is 0 Å². The van der Waals surface area contributed by atoms with Crippen LogP contribution in [0.25, 0.3) is 0 Å². The van der Waals surface area contributed by atoms with Crippen molar-refractivity contribution >= 4 is 11.5 Å². The quantitative estimate of drug-likeness (QED) is 0.838. The van der Waals surface area contributed by atoms with Gasteiger partial charge in [-0.15, -0.1) is 0 Å². The van der Waals surface area contributed by atoms with Crippen LogP contribution in [0.4, 0.5) is 11.5 Å². The van der Waals surface area contributed by atoms with Gasteiger partial charge in [0.2, 0.25) is 0 Å². The van der Waals surface area contributed by atoms with Gasteiger partial charge in [0.05, 0.1) is 5.69 Å². The highest BCUT2D eigenvalue weighted by atomic mass is 15.2. The molecule has 1 fully saturated rings. The van der Waals surface area contributed by atoms with E-state index in [1.807, 2.05) is 12.3 Å². The van der Waals surface area contributed by atoms with Gasteiger partial charge in [-0.05, 0) is 58.3 Å². The Morgan fingerprint density at radius 1 is 1.40 bits per heavy atom. The van der Waals surface area contributed by atoms with E-state index in [0.29, 0.717) is 12.1 Å². The van der Waals surface area contributed by atoms with E-state index < -0.39 is 0 Å². The molecule has 112 valence electrons. The number of rotatable bonds is 6. The molecule has 1 aliphatic heterocycles. The molecule has 1 aliphatic rings. The van der Waals surface area contributed by atoms with Crippen molar-refractivity contribution in [1.29, 1.82) is 0 Å². The zero-order chi connectivity index (χ0) is 14.4. The molecule has 0 spiro atoms. The van der Waals surface area contributed by atoms with Crippen molar-refractivity contribution in [3.8, 4) is 0 Å². The Bertz CT molecular complexity index is 401. The van der Waals surface area contributed by atoms with Gasteiger partial charge in [0.25, 0.3) is 0 Å². The Hall–Kier alpha value is -1.29. The number of hydrogen-bond donors (Lipinski definition) is 2. The van der Waals surface area contributed by atoms with Crippen molar-refractivity contribution in [2.24, 2.45) is 0 Å². The number of anilines is 2. The highest BCUT2D eigenvalue weighted by Gasteiger charge is 2.23. The lowest BCUT2D eigenvalue weighted by molar-refractivity contribution is 0.432. The minimum absolute atomic E-state index is 0.477. The second-order valence-corrected chi connectivity index (χ2v) is 5.60. The summed E-state index contributed by atoms with van der Waals surface area (Å²) in [5.41, 5.74) is 1.17. The summed E-state index contributed by atoms with van der Waals surface area (Å²) in [4.78, 5) is 7.12. The fraction of sp³-hybridized carbons (Fsp3) is 0.688. The summed E-state index contributed by atoms with van der Waals surface area (Å²) in [6.45, 7) is 9.89. The number of aromatic nitrogens is 1. The van der Waals surface area contributed by atoms with Gasteiger partial charge in [0.1, 0.15) is 0 Å². The highest BCUT2D eigenvalue weighted by molar-refractivity contribution is 5.66. The number of nitrogens with one attached hydrogen (secondary N) is 2. The molecule has 1 saturated heterocycles. The lowest BCUT2D eigenvalue weighted by atomic mass is 10.0. The molecule has 2 N–H and O–H groups in total. The molecule has 1 aromatic heterocycles. The molecule has 1 atom stereocenters. The van der Waals surface area contributed by atoms with Gasteiger partial charge in [-0.3, -0.25) is 0 Å². The molecule has 1 unspecified atom stereocenters. The first-order valence-electron chi connectivity index (χ1n) is 7.95. The van der Waals surface area contributed by atoms with Crippen LogP contribution in [0.1, 0.15) is 40.0 Å². The second-order valence-electron chi connectivity index (χ2n) is 5.60. The molecule has 4 heteroatoms. The summed E-state index contributed by atoms with van der Waals surface area (Å²) in [5, 5.41) is 7.03. The summed E-state index contributed by atoms with van der Waals surface area (Å²) in [6, 6.07) is 5.25. The molecular formula is C16H28N4. The van der Waals surface area contributed by atoms with Crippen molar-refractivity contribution in [3.63, 3.8) is 0 Å². The van der Waals surface area contributed by atoms with E-state index >= 15 is 0 Å². The SMILES string of the molecule is CCC(C)Nc1cccnc1N(CC)C1CCNCC1. The standard InChI is InChI=1S/C16H28N4/c1-4-13(3)19-15-7-6-10-18-16(15)20(5-2)14-8-11-17-12-9-14/h6-7,10,13-14,17,19H,4-5,8-9,11-12H2,1-3H3. The molecule has 0 aromatic carbocycles. The summed E-state index contributed by atoms with van der Waals surface area (Å²) in [7, 11) is 0. The molecule has 4 nitrogen and oxygen atoms in total. The Labute approximate surface area is 123 Å². The van der Waals surface area contributed by atoms with Crippen LogP contribution in [0.3, 0.4) is 0 Å². The average Bonchev–Trinajstić information content (AvgIpc) is 2.50. The van der Waals surface area contributed by atoms with Gasteiger partial charge in [-0.25, -0.2) is 4.98 Å². The van der Waals surface area contributed by atoms with Crippen LogP contribution in [0.5, 0.6) is 0 Å². The summed E-state index contributed by atoms with van der Waals surface area (Å²) in [5.74, 6) is 1.11. The summed E-state index contributed by atoms with van der Waals surface area (Å²) in [6.07, 6.45) is 5.43. The van der Waals surface area contributed by atoms with Crippen LogP contribution in [-0.4, -0.2) is 36.7 Å². The van der Waals surface area contributed by atoms with Crippen molar-refractivity contribution in [2.75, 3.05) is 29.9 Å². The van der Waals surface area contributed by atoms with Crippen LogP contribution in [-0.2, 0) is 0 Å². The van der Waals surface area contributed by atoms with Gasteiger partial charge in [-0.2, -0.15) is 0 Å². The maximum atomic E-state index is 4.66. The number of pyridine rings is 1. The Kier molecular flexibility index (Phi) is 5.65. The maximum Gasteiger partial charge on any atom is 0.152 e. The van der Waals surface area contributed by atoms with Crippen molar-refractivity contribution in [3.05, 3.63) is 18.3 Å². The van der Waals surface area contributed by atoms with Gasteiger partial charge in [0.15, 0.2) is 5.82 Å². The average molecular weight is 276 g/mol. The lowest BCUT2D eigenvalue weighted by Gasteiger charge is -2.36. The molecule has 0 bridgehead atoms. The van der Waals surface area contributed by atoms with E-state index in [2.05, 4.69) is 47.4 Å². The molecule has 20 heavy (non-hydrogen) atoms. The zero-order valence-electron chi connectivity index (χ0n) is 13.0. The third kappa shape index (κ3) is 3.63. The largest absolute Gasteiger partial charge is 0.380 e. The second kappa shape index (κ2) is 7.48. The molecule has 0 amide bonds. The molecular weight excluding hydrogens is 248 g/mol. The smallest absolute Gasteiger partial charge is 0.152 e. The predicted octanol–water partition coefficient (Wildman–Crippen LogP) is 2.87. The fourth-order valence-electron chi connectivity index (χ4n) is 2.81.